The average molecular weight is 499 g/mol. The number of hydrogen-bond acceptors (Lipinski definition) is 7. The number of aromatic hydroxyl groups is 1. The minimum absolute atomic E-state index is 0.0116. The van der Waals surface area contributed by atoms with Gasteiger partial charge in [-0.15, -0.1) is 0 Å². The molecular weight excluding hydrogens is 460 g/mol. The topological polar surface area (TPSA) is 99.1 Å². The van der Waals surface area contributed by atoms with E-state index in [0.717, 1.165) is 12.8 Å². The fraction of sp³-hybridized carbons (Fsp3) is 0.483. The van der Waals surface area contributed by atoms with E-state index in [1.54, 1.807) is 56.3 Å². The lowest BCUT2D eigenvalue weighted by atomic mass is 9.75. The van der Waals surface area contributed by atoms with Gasteiger partial charge >= 0.3 is 17.9 Å². The van der Waals surface area contributed by atoms with Gasteiger partial charge in [-0.1, -0.05) is 51.5 Å². The third kappa shape index (κ3) is 8.11. The number of carbonyl (C=O) groups excluding carboxylic acids is 3. The Kier molecular flexibility index (Phi) is 11.4. The Labute approximate surface area is 213 Å². The quantitative estimate of drug-likeness (QED) is 0.366. The fourth-order valence-electron chi connectivity index (χ4n) is 4.35. The molecule has 0 aromatic heterocycles. The summed E-state index contributed by atoms with van der Waals surface area (Å²) in [6.45, 7) is 10.5. The zero-order valence-electron chi connectivity index (χ0n) is 21.9. The third-order valence-corrected chi connectivity index (χ3v) is 6.26. The molecule has 0 aliphatic heterocycles. The summed E-state index contributed by atoms with van der Waals surface area (Å²) in [5, 5.41) is 9.74. The lowest BCUT2D eigenvalue weighted by molar-refractivity contribution is -0.0176. The van der Waals surface area contributed by atoms with Crippen molar-refractivity contribution in [2.75, 3.05) is 13.2 Å². The summed E-state index contributed by atoms with van der Waals surface area (Å²) in [5.41, 5.74) is 0.735. The van der Waals surface area contributed by atoms with Gasteiger partial charge in [-0.05, 0) is 68.7 Å². The van der Waals surface area contributed by atoms with Crippen LogP contribution < -0.4 is 0 Å². The summed E-state index contributed by atoms with van der Waals surface area (Å²) >= 11 is 0. The van der Waals surface area contributed by atoms with Crippen LogP contribution >= 0.6 is 0 Å². The van der Waals surface area contributed by atoms with E-state index in [-0.39, 0.29) is 41.8 Å². The van der Waals surface area contributed by atoms with Crippen LogP contribution in [0.25, 0.3) is 0 Å². The van der Waals surface area contributed by atoms with Gasteiger partial charge in [0, 0.05) is 0 Å². The van der Waals surface area contributed by atoms with E-state index in [1.165, 1.54) is 12.5 Å². The summed E-state index contributed by atoms with van der Waals surface area (Å²) < 4.78 is 15.4. The number of phenols is 1. The Bertz CT molecular complexity index is 977. The second-order valence-electron chi connectivity index (χ2n) is 9.27. The molecule has 7 heteroatoms. The number of benzene rings is 2. The molecule has 0 heterocycles. The molecule has 0 spiro atoms. The summed E-state index contributed by atoms with van der Waals surface area (Å²) in [6.07, 6.45) is 3.19. The first-order valence-electron chi connectivity index (χ1n) is 12.6. The lowest BCUT2D eigenvalue weighted by Crippen LogP contribution is -2.35. The predicted octanol–water partition coefficient (Wildman–Crippen LogP) is 6.05. The van der Waals surface area contributed by atoms with Gasteiger partial charge in [0.1, 0.15) is 17.4 Å². The van der Waals surface area contributed by atoms with E-state index in [4.69, 9.17) is 14.2 Å². The van der Waals surface area contributed by atoms with Gasteiger partial charge in [-0.2, -0.15) is 0 Å². The van der Waals surface area contributed by atoms with Gasteiger partial charge in [0.25, 0.3) is 0 Å². The fourth-order valence-corrected chi connectivity index (χ4v) is 4.35. The first kappa shape index (κ1) is 28.9. The second-order valence-corrected chi connectivity index (χ2v) is 9.27. The second kappa shape index (κ2) is 14.3. The predicted molar refractivity (Wildman–Crippen MR) is 137 cm³/mol. The molecule has 1 saturated carbocycles. The van der Waals surface area contributed by atoms with Gasteiger partial charge < -0.3 is 19.3 Å². The number of para-hydroxylation sites is 1. The van der Waals surface area contributed by atoms with Crippen molar-refractivity contribution in [3.63, 3.8) is 0 Å². The smallest absolute Gasteiger partial charge is 0.342 e. The van der Waals surface area contributed by atoms with Crippen LogP contribution in [-0.2, 0) is 14.2 Å². The molecule has 1 aliphatic carbocycles. The summed E-state index contributed by atoms with van der Waals surface area (Å²) in [4.78, 5) is 35.3. The molecular formula is C29H38O7. The van der Waals surface area contributed by atoms with Gasteiger partial charge in [-0.25, -0.2) is 14.4 Å². The van der Waals surface area contributed by atoms with Crippen LogP contribution in [0.4, 0.5) is 0 Å². The Morgan fingerprint density at radius 1 is 0.833 bits per heavy atom. The van der Waals surface area contributed by atoms with Crippen LogP contribution in [0.2, 0.25) is 0 Å². The Morgan fingerprint density at radius 2 is 1.33 bits per heavy atom. The summed E-state index contributed by atoms with van der Waals surface area (Å²) in [7, 11) is 0. The Morgan fingerprint density at radius 3 is 1.81 bits per heavy atom. The van der Waals surface area contributed by atoms with Gasteiger partial charge in [0.2, 0.25) is 0 Å². The number of carbonyl (C=O) groups is 3. The van der Waals surface area contributed by atoms with E-state index in [1.807, 2.05) is 0 Å². The van der Waals surface area contributed by atoms with E-state index >= 15 is 0 Å². The van der Waals surface area contributed by atoms with E-state index in [2.05, 4.69) is 20.8 Å². The third-order valence-electron chi connectivity index (χ3n) is 6.26. The molecule has 1 N–H and O–H groups in total. The van der Waals surface area contributed by atoms with E-state index in [9.17, 15) is 19.5 Å². The molecule has 3 atom stereocenters. The van der Waals surface area contributed by atoms with Crippen molar-refractivity contribution in [3.05, 3.63) is 65.2 Å². The monoisotopic (exact) mass is 498 g/mol. The molecule has 0 amide bonds. The van der Waals surface area contributed by atoms with Crippen LogP contribution in [0.15, 0.2) is 48.5 Å². The van der Waals surface area contributed by atoms with E-state index in [0.29, 0.717) is 17.8 Å². The Hall–Kier alpha value is -3.35. The molecule has 7 nitrogen and oxygen atoms in total. The highest BCUT2D eigenvalue weighted by Gasteiger charge is 2.34. The van der Waals surface area contributed by atoms with Gasteiger partial charge in [-0.3, -0.25) is 0 Å². The van der Waals surface area contributed by atoms with Crippen molar-refractivity contribution in [3.8, 4) is 5.75 Å². The zero-order valence-corrected chi connectivity index (χ0v) is 21.9. The minimum atomic E-state index is -0.508. The highest BCUT2D eigenvalue weighted by atomic mass is 16.5. The van der Waals surface area contributed by atoms with Gasteiger partial charge in [0.15, 0.2) is 0 Å². The van der Waals surface area contributed by atoms with Crippen LogP contribution in [0, 0.1) is 17.8 Å². The molecule has 3 rings (SSSR count). The number of ether oxygens (including phenoxy) is 3. The normalized spacial score (nSPS) is 19.0. The minimum Gasteiger partial charge on any atom is -0.507 e. The molecule has 1 fully saturated rings. The molecule has 2 aromatic rings. The number of rotatable bonds is 7. The van der Waals surface area contributed by atoms with Crippen molar-refractivity contribution in [2.24, 2.45) is 17.8 Å². The summed E-state index contributed by atoms with van der Waals surface area (Å²) in [6, 6.07) is 13.0. The largest absolute Gasteiger partial charge is 0.507 e. The number of hydrogen-bond donors (Lipinski definition) is 1. The van der Waals surface area contributed by atoms with Gasteiger partial charge in [0.05, 0.1) is 24.3 Å². The maximum atomic E-state index is 12.2. The standard InChI is InChI=1S/C17H24O3.C12H14O4/c1-11(2)13-9-8-12(3)10-16(13)20-17(19)14-6-4-5-7-15(14)18;1-3-15-11(13)9-7-5-6-8-10(9)12(14)16-4-2/h4-7,11-13,16,18H,8-10H2,1-3H3;5-8H,3-4H2,1-2H3. The van der Waals surface area contributed by atoms with Crippen molar-refractivity contribution < 1.29 is 33.7 Å². The molecule has 0 saturated heterocycles. The first-order valence-corrected chi connectivity index (χ1v) is 12.6. The first-order chi connectivity index (χ1) is 17.2. The Balaban J connectivity index is 0.000000261. The van der Waals surface area contributed by atoms with E-state index < -0.39 is 17.9 Å². The highest BCUT2D eigenvalue weighted by Crippen LogP contribution is 2.36. The molecule has 0 radical (unpaired) electrons. The molecule has 0 bridgehead atoms. The molecule has 2 aromatic carbocycles. The van der Waals surface area contributed by atoms with Crippen molar-refractivity contribution in [1.29, 1.82) is 0 Å². The molecule has 3 unspecified atom stereocenters. The van der Waals surface area contributed by atoms with Crippen LogP contribution in [0.5, 0.6) is 5.75 Å². The number of phenolic OH excluding ortho intramolecular Hbond substituents is 1. The van der Waals surface area contributed by atoms with Crippen molar-refractivity contribution in [1.82, 2.24) is 0 Å². The summed E-state index contributed by atoms with van der Waals surface area (Å²) in [5.74, 6) is 0.0745. The maximum absolute atomic E-state index is 12.2. The zero-order chi connectivity index (χ0) is 26.7. The molecule has 1 aliphatic rings. The van der Waals surface area contributed by atoms with Crippen LogP contribution in [0.1, 0.15) is 85.0 Å². The maximum Gasteiger partial charge on any atom is 0.342 e. The van der Waals surface area contributed by atoms with Crippen molar-refractivity contribution >= 4 is 17.9 Å². The van der Waals surface area contributed by atoms with Crippen molar-refractivity contribution in [2.45, 2.75) is 60.0 Å². The SMILES string of the molecule is CC1CCC(C(C)C)C(OC(=O)c2ccccc2O)C1.CCOC(=O)c1ccccc1C(=O)OCC. The molecule has 36 heavy (non-hydrogen) atoms. The van der Waals surface area contributed by atoms with Crippen LogP contribution in [-0.4, -0.2) is 42.3 Å². The van der Waals surface area contributed by atoms with Crippen LogP contribution in [0.3, 0.4) is 0 Å². The average Bonchev–Trinajstić information content (AvgIpc) is 2.85. The highest BCUT2D eigenvalue weighted by molar-refractivity contribution is 6.03. The lowest BCUT2D eigenvalue weighted by Gasteiger charge is -2.36. The molecule has 196 valence electrons. The number of esters is 3.